The van der Waals surface area contributed by atoms with Gasteiger partial charge in [0.05, 0.1) is 13.2 Å². The summed E-state index contributed by atoms with van der Waals surface area (Å²) in [5, 5.41) is 0. The first-order valence-electron chi connectivity index (χ1n) is 4.88. The molecule has 1 aromatic heterocycles. The van der Waals surface area contributed by atoms with E-state index in [0.717, 1.165) is 19.6 Å². The maximum atomic E-state index is 5.31. The Morgan fingerprint density at radius 3 is 2.92 bits per heavy atom. The fraction of sp³-hybridized carbons (Fsp3) is 0.545. The van der Waals surface area contributed by atoms with E-state index in [1.807, 2.05) is 20.0 Å². The van der Waals surface area contributed by atoms with Crippen LogP contribution in [0.4, 0.5) is 0 Å². The molecule has 0 fully saturated rings. The lowest BCUT2D eigenvalue weighted by Crippen LogP contribution is -2.11. The number of nitrogens with zero attached hydrogens (tertiary/aromatic N) is 1. The minimum atomic E-state index is 0.740. The van der Waals surface area contributed by atoms with Crippen molar-refractivity contribution in [2.24, 2.45) is 0 Å². The molecule has 2 heterocycles. The number of rotatable bonds is 0. The zero-order valence-electron chi connectivity index (χ0n) is 8.63. The molecule has 0 spiro atoms. The molecule has 0 N–H and O–H groups in total. The molecule has 1 aliphatic rings. The second-order valence-electron chi connectivity index (χ2n) is 2.92. The van der Waals surface area contributed by atoms with Gasteiger partial charge in [-0.15, -0.1) is 0 Å². The monoisotopic (exact) mass is 179 g/mol. The lowest BCUT2D eigenvalue weighted by atomic mass is 10.1. The Labute approximate surface area is 80.0 Å². The van der Waals surface area contributed by atoms with Gasteiger partial charge in [-0.1, -0.05) is 19.9 Å². The third-order valence-corrected chi connectivity index (χ3v) is 1.94. The highest BCUT2D eigenvalue weighted by Gasteiger charge is 2.09. The second kappa shape index (κ2) is 4.97. The molecule has 2 nitrogen and oxygen atoms in total. The molecule has 0 amide bonds. The highest BCUT2D eigenvalue weighted by Crippen LogP contribution is 2.14. The van der Waals surface area contributed by atoms with Gasteiger partial charge in [0.2, 0.25) is 0 Å². The summed E-state index contributed by atoms with van der Waals surface area (Å²) in [5.41, 5.74) is 3.69. The Balaban J connectivity index is 0.000000396. The third kappa shape index (κ3) is 2.52. The summed E-state index contributed by atoms with van der Waals surface area (Å²) in [7, 11) is 0. The predicted molar refractivity (Wildman–Crippen MR) is 53.7 cm³/mol. The Morgan fingerprint density at radius 2 is 2.15 bits per heavy atom. The number of hydrogen-bond acceptors (Lipinski definition) is 2. The van der Waals surface area contributed by atoms with Crippen LogP contribution in [0, 0.1) is 6.92 Å². The molecule has 0 unspecified atom stereocenters. The smallest absolute Gasteiger partial charge is 0.0734 e. The van der Waals surface area contributed by atoms with Gasteiger partial charge in [0, 0.05) is 18.3 Å². The molecule has 0 atom stereocenters. The largest absolute Gasteiger partial charge is 0.376 e. The Morgan fingerprint density at radius 1 is 1.38 bits per heavy atom. The Kier molecular flexibility index (Phi) is 3.90. The van der Waals surface area contributed by atoms with Crippen molar-refractivity contribution < 1.29 is 4.74 Å². The SMILES string of the molecule is CC.Cc1cnc2c(c1)COCC2. The van der Waals surface area contributed by atoms with Crippen LogP contribution in [0.2, 0.25) is 0 Å². The lowest BCUT2D eigenvalue weighted by molar-refractivity contribution is 0.109. The van der Waals surface area contributed by atoms with Gasteiger partial charge in [0.1, 0.15) is 0 Å². The minimum Gasteiger partial charge on any atom is -0.376 e. The molecular weight excluding hydrogens is 162 g/mol. The topological polar surface area (TPSA) is 22.1 Å². The quantitative estimate of drug-likeness (QED) is 0.610. The van der Waals surface area contributed by atoms with E-state index >= 15 is 0 Å². The van der Waals surface area contributed by atoms with E-state index in [2.05, 4.69) is 18.0 Å². The number of pyridine rings is 1. The minimum absolute atomic E-state index is 0.740. The van der Waals surface area contributed by atoms with E-state index in [0.29, 0.717) is 0 Å². The summed E-state index contributed by atoms with van der Waals surface area (Å²) >= 11 is 0. The Hall–Kier alpha value is -0.890. The number of hydrogen-bond donors (Lipinski definition) is 0. The van der Waals surface area contributed by atoms with Crippen LogP contribution in [0.15, 0.2) is 12.3 Å². The van der Waals surface area contributed by atoms with E-state index in [9.17, 15) is 0 Å². The van der Waals surface area contributed by atoms with Crippen LogP contribution in [-0.2, 0) is 17.8 Å². The summed E-state index contributed by atoms with van der Waals surface area (Å²) in [6.07, 6.45) is 2.89. The van der Waals surface area contributed by atoms with E-state index in [-0.39, 0.29) is 0 Å². The van der Waals surface area contributed by atoms with E-state index in [4.69, 9.17) is 4.74 Å². The average molecular weight is 179 g/mol. The number of fused-ring (bicyclic) bond motifs is 1. The molecule has 2 rings (SSSR count). The van der Waals surface area contributed by atoms with Gasteiger partial charge in [-0.25, -0.2) is 0 Å². The highest BCUT2D eigenvalue weighted by molar-refractivity contribution is 5.25. The lowest BCUT2D eigenvalue weighted by Gasteiger charge is -2.15. The molecule has 1 aliphatic heterocycles. The summed E-state index contributed by atoms with van der Waals surface area (Å²) in [4.78, 5) is 4.34. The standard InChI is InChI=1S/C9H11NO.C2H6/c1-7-4-8-6-11-3-2-9(8)10-5-7;1-2/h4-5H,2-3,6H2,1H3;1-2H3. The molecule has 0 aliphatic carbocycles. The van der Waals surface area contributed by atoms with Crippen LogP contribution >= 0.6 is 0 Å². The molecule has 0 saturated carbocycles. The van der Waals surface area contributed by atoms with Crippen LogP contribution in [-0.4, -0.2) is 11.6 Å². The fourth-order valence-electron chi connectivity index (χ4n) is 1.36. The van der Waals surface area contributed by atoms with Crippen LogP contribution in [0.25, 0.3) is 0 Å². The van der Waals surface area contributed by atoms with Crippen molar-refractivity contribution in [3.05, 3.63) is 29.1 Å². The van der Waals surface area contributed by atoms with Crippen molar-refractivity contribution in [3.8, 4) is 0 Å². The number of ether oxygens (including phenoxy) is 1. The molecule has 2 heteroatoms. The van der Waals surface area contributed by atoms with E-state index in [1.165, 1.54) is 16.8 Å². The van der Waals surface area contributed by atoms with Crippen molar-refractivity contribution in [2.45, 2.75) is 33.8 Å². The normalized spacial score (nSPS) is 14.1. The third-order valence-electron chi connectivity index (χ3n) is 1.94. The van der Waals surface area contributed by atoms with Crippen molar-refractivity contribution in [2.75, 3.05) is 6.61 Å². The van der Waals surface area contributed by atoms with Crippen LogP contribution in [0.1, 0.15) is 30.7 Å². The van der Waals surface area contributed by atoms with Gasteiger partial charge in [0.25, 0.3) is 0 Å². The highest BCUT2D eigenvalue weighted by atomic mass is 16.5. The Bertz CT molecular complexity index is 271. The van der Waals surface area contributed by atoms with E-state index in [1.54, 1.807) is 0 Å². The molecule has 0 radical (unpaired) electrons. The van der Waals surface area contributed by atoms with Crippen molar-refractivity contribution in [1.29, 1.82) is 0 Å². The first-order valence-corrected chi connectivity index (χ1v) is 4.88. The van der Waals surface area contributed by atoms with Gasteiger partial charge in [-0.3, -0.25) is 4.98 Å². The van der Waals surface area contributed by atoms with Crippen LogP contribution in [0.3, 0.4) is 0 Å². The second-order valence-corrected chi connectivity index (χ2v) is 2.92. The first-order chi connectivity index (χ1) is 6.36. The molecule has 0 bridgehead atoms. The van der Waals surface area contributed by atoms with Crippen LogP contribution in [0.5, 0.6) is 0 Å². The van der Waals surface area contributed by atoms with Crippen molar-refractivity contribution >= 4 is 0 Å². The van der Waals surface area contributed by atoms with Crippen LogP contribution < -0.4 is 0 Å². The first kappa shape index (κ1) is 10.2. The number of aromatic nitrogens is 1. The fourth-order valence-corrected chi connectivity index (χ4v) is 1.36. The molecule has 13 heavy (non-hydrogen) atoms. The molecule has 0 saturated heterocycles. The van der Waals surface area contributed by atoms with Crippen molar-refractivity contribution in [1.82, 2.24) is 4.98 Å². The zero-order valence-corrected chi connectivity index (χ0v) is 8.63. The molecule has 0 aromatic carbocycles. The number of aryl methyl sites for hydroxylation is 1. The average Bonchev–Trinajstić information content (AvgIpc) is 2.21. The van der Waals surface area contributed by atoms with Gasteiger partial charge >= 0.3 is 0 Å². The van der Waals surface area contributed by atoms with Crippen molar-refractivity contribution in [3.63, 3.8) is 0 Å². The van der Waals surface area contributed by atoms with Gasteiger partial charge in [-0.2, -0.15) is 0 Å². The van der Waals surface area contributed by atoms with Gasteiger partial charge in [-0.05, 0) is 18.1 Å². The maximum Gasteiger partial charge on any atom is 0.0734 e. The zero-order chi connectivity index (χ0) is 9.68. The predicted octanol–water partition coefficient (Wildman–Crippen LogP) is 2.49. The van der Waals surface area contributed by atoms with Gasteiger partial charge < -0.3 is 4.74 Å². The molecular formula is C11H17NO. The van der Waals surface area contributed by atoms with E-state index < -0.39 is 0 Å². The summed E-state index contributed by atoms with van der Waals surface area (Å²) in [6.45, 7) is 7.62. The summed E-state index contributed by atoms with van der Waals surface area (Å²) < 4.78 is 5.31. The molecule has 72 valence electrons. The maximum absolute atomic E-state index is 5.31. The summed E-state index contributed by atoms with van der Waals surface area (Å²) in [5.74, 6) is 0. The molecule has 1 aromatic rings. The van der Waals surface area contributed by atoms with Gasteiger partial charge in [0.15, 0.2) is 0 Å². The summed E-state index contributed by atoms with van der Waals surface area (Å²) in [6, 6.07) is 2.15.